The van der Waals surface area contributed by atoms with Crippen LogP contribution in [0.1, 0.15) is 25.8 Å². The first-order valence-corrected chi connectivity index (χ1v) is 4.96. The van der Waals surface area contributed by atoms with E-state index >= 15 is 0 Å². The lowest BCUT2D eigenvalue weighted by Crippen LogP contribution is -2.35. The van der Waals surface area contributed by atoms with Crippen LogP contribution in [0.4, 0.5) is 0 Å². The number of rotatable bonds is 5. The highest BCUT2D eigenvalue weighted by Crippen LogP contribution is 2.01. The number of aromatic nitrogens is 1. The summed E-state index contributed by atoms with van der Waals surface area (Å²) in [4.78, 5) is 4.05. The van der Waals surface area contributed by atoms with Crippen molar-refractivity contribution < 1.29 is 0 Å². The summed E-state index contributed by atoms with van der Waals surface area (Å²) in [5.74, 6) is 0. The van der Waals surface area contributed by atoms with Gasteiger partial charge in [0.2, 0.25) is 0 Å². The summed E-state index contributed by atoms with van der Waals surface area (Å²) in [5, 5.41) is 3.34. The third kappa shape index (κ3) is 4.94. The summed E-state index contributed by atoms with van der Waals surface area (Å²) >= 11 is 0. The fourth-order valence-electron chi connectivity index (χ4n) is 1.15. The Hall–Kier alpha value is -0.930. The molecule has 0 aliphatic rings. The van der Waals surface area contributed by atoms with E-state index in [0.29, 0.717) is 0 Å². The molecule has 0 bridgehead atoms. The van der Waals surface area contributed by atoms with Gasteiger partial charge in [0.15, 0.2) is 0 Å². The van der Waals surface area contributed by atoms with Gasteiger partial charge in [0, 0.05) is 24.5 Å². The van der Waals surface area contributed by atoms with Gasteiger partial charge < -0.3 is 11.1 Å². The van der Waals surface area contributed by atoms with Gasteiger partial charge in [-0.05, 0) is 38.4 Å². The highest BCUT2D eigenvalue weighted by atomic mass is 14.9. The maximum absolute atomic E-state index is 5.86. The van der Waals surface area contributed by atoms with Crippen molar-refractivity contribution in [3.8, 4) is 0 Å². The molecule has 3 nitrogen and oxygen atoms in total. The van der Waals surface area contributed by atoms with Crippen LogP contribution in [0.25, 0.3) is 0 Å². The van der Waals surface area contributed by atoms with Gasteiger partial charge in [0.25, 0.3) is 0 Å². The topological polar surface area (TPSA) is 50.9 Å². The predicted molar refractivity (Wildman–Crippen MR) is 58.8 cm³/mol. The van der Waals surface area contributed by atoms with Crippen molar-refractivity contribution in [3.63, 3.8) is 0 Å². The van der Waals surface area contributed by atoms with Gasteiger partial charge in [-0.3, -0.25) is 4.98 Å². The minimum Gasteiger partial charge on any atom is -0.326 e. The van der Waals surface area contributed by atoms with Crippen LogP contribution in [0.15, 0.2) is 24.5 Å². The molecule has 1 aromatic heterocycles. The minimum atomic E-state index is -0.0814. The summed E-state index contributed by atoms with van der Waals surface area (Å²) in [7, 11) is 0. The lowest BCUT2D eigenvalue weighted by molar-refractivity contribution is 0.455. The van der Waals surface area contributed by atoms with E-state index in [4.69, 9.17) is 5.73 Å². The van der Waals surface area contributed by atoms with Crippen LogP contribution in [-0.4, -0.2) is 17.1 Å². The van der Waals surface area contributed by atoms with Crippen molar-refractivity contribution in [2.75, 3.05) is 6.54 Å². The number of hydrogen-bond donors (Lipinski definition) is 2. The zero-order valence-corrected chi connectivity index (χ0v) is 8.96. The highest BCUT2D eigenvalue weighted by Gasteiger charge is 2.08. The third-order valence-electron chi connectivity index (χ3n) is 2.00. The first-order valence-electron chi connectivity index (χ1n) is 4.96. The second kappa shape index (κ2) is 5.08. The van der Waals surface area contributed by atoms with E-state index in [1.807, 2.05) is 26.1 Å². The number of nitrogens with zero attached hydrogens (tertiary/aromatic N) is 1. The van der Waals surface area contributed by atoms with Crippen molar-refractivity contribution in [2.45, 2.75) is 32.4 Å². The molecule has 78 valence electrons. The molecule has 1 aromatic rings. The number of hydrogen-bond acceptors (Lipinski definition) is 3. The Balaban J connectivity index is 2.17. The van der Waals surface area contributed by atoms with Crippen molar-refractivity contribution in [2.24, 2.45) is 5.73 Å². The fourth-order valence-corrected chi connectivity index (χ4v) is 1.15. The van der Waals surface area contributed by atoms with Crippen LogP contribution in [-0.2, 0) is 6.54 Å². The summed E-state index contributed by atoms with van der Waals surface area (Å²) < 4.78 is 0. The molecule has 0 radical (unpaired) electrons. The quantitative estimate of drug-likeness (QED) is 0.693. The second-order valence-electron chi connectivity index (χ2n) is 4.28. The van der Waals surface area contributed by atoms with E-state index < -0.39 is 0 Å². The Morgan fingerprint density at radius 2 is 2.29 bits per heavy atom. The van der Waals surface area contributed by atoms with Crippen LogP contribution in [0, 0.1) is 0 Å². The van der Waals surface area contributed by atoms with Gasteiger partial charge in [0.05, 0.1) is 0 Å². The summed E-state index contributed by atoms with van der Waals surface area (Å²) in [6.07, 6.45) is 4.64. The third-order valence-corrected chi connectivity index (χ3v) is 2.00. The molecule has 0 aromatic carbocycles. The van der Waals surface area contributed by atoms with Gasteiger partial charge >= 0.3 is 0 Å². The predicted octanol–water partition coefficient (Wildman–Crippen LogP) is 1.30. The van der Waals surface area contributed by atoms with Gasteiger partial charge in [-0.1, -0.05) is 6.07 Å². The first-order chi connectivity index (χ1) is 6.58. The molecule has 0 saturated carbocycles. The Bertz CT molecular complexity index is 251. The second-order valence-corrected chi connectivity index (χ2v) is 4.28. The van der Waals surface area contributed by atoms with Crippen molar-refractivity contribution in [1.29, 1.82) is 0 Å². The SMILES string of the molecule is CC(C)(N)CCNCc1cccnc1. The minimum absolute atomic E-state index is 0.0814. The molecule has 0 aliphatic carbocycles. The molecule has 0 fully saturated rings. The van der Waals surface area contributed by atoms with Crippen molar-refractivity contribution in [3.05, 3.63) is 30.1 Å². The first kappa shape index (κ1) is 11.1. The molecule has 3 N–H and O–H groups in total. The van der Waals surface area contributed by atoms with E-state index in [0.717, 1.165) is 19.5 Å². The Labute approximate surface area is 85.7 Å². The van der Waals surface area contributed by atoms with Crippen LogP contribution < -0.4 is 11.1 Å². The molecule has 0 spiro atoms. The normalized spacial score (nSPS) is 11.6. The highest BCUT2D eigenvalue weighted by molar-refractivity contribution is 5.07. The monoisotopic (exact) mass is 193 g/mol. The Morgan fingerprint density at radius 1 is 1.50 bits per heavy atom. The zero-order valence-electron chi connectivity index (χ0n) is 8.96. The van der Waals surface area contributed by atoms with Crippen molar-refractivity contribution in [1.82, 2.24) is 10.3 Å². The maximum atomic E-state index is 5.86. The molecule has 1 heterocycles. The van der Waals surface area contributed by atoms with Gasteiger partial charge in [-0.15, -0.1) is 0 Å². The molecular weight excluding hydrogens is 174 g/mol. The standard InChI is InChI=1S/C11H19N3/c1-11(2,12)5-7-14-9-10-4-3-6-13-8-10/h3-4,6,8,14H,5,7,9,12H2,1-2H3. The molecule has 1 rings (SSSR count). The number of nitrogens with two attached hydrogens (primary N) is 1. The smallest absolute Gasteiger partial charge is 0.0312 e. The number of pyridine rings is 1. The molecule has 0 unspecified atom stereocenters. The largest absolute Gasteiger partial charge is 0.326 e. The van der Waals surface area contributed by atoms with E-state index in [2.05, 4.69) is 16.4 Å². The lowest BCUT2D eigenvalue weighted by Gasteiger charge is -2.18. The Morgan fingerprint density at radius 3 is 2.86 bits per heavy atom. The average Bonchev–Trinajstić information content (AvgIpc) is 2.13. The summed E-state index contributed by atoms with van der Waals surface area (Å²) in [6, 6.07) is 4.01. The fraction of sp³-hybridized carbons (Fsp3) is 0.545. The van der Waals surface area contributed by atoms with E-state index in [1.54, 1.807) is 6.20 Å². The van der Waals surface area contributed by atoms with E-state index in [1.165, 1.54) is 5.56 Å². The van der Waals surface area contributed by atoms with E-state index in [9.17, 15) is 0 Å². The molecule has 0 atom stereocenters. The summed E-state index contributed by atoms with van der Waals surface area (Å²) in [6.45, 7) is 5.89. The average molecular weight is 193 g/mol. The maximum Gasteiger partial charge on any atom is 0.0312 e. The van der Waals surface area contributed by atoms with Gasteiger partial charge in [-0.25, -0.2) is 0 Å². The molecule has 14 heavy (non-hydrogen) atoms. The lowest BCUT2D eigenvalue weighted by atomic mass is 10.0. The van der Waals surface area contributed by atoms with Gasteiger partial charge in [-0.2, -0.15) is 0 Å². The van der Waals surface area contributed by atoms with Crippen LogP contribution in [0.2, 0.25) is 0 Å². The number of nitrogens with one attached hydrogen (secondary N) is 1. The van der Waals surface area contributed by atoms with Crippen LogP contribution in [0.5, 0.6) is 0 Å². The van der Waals surface area contributed by atoms with Crippen LogP contribution in [0.3, 0.4) is 0 Å². The molecule has 0 aliphatic heterocycles. The van der Waals surface area contributed by atoms with Crippen LogP contribution >= 0.6 is 0 Å². The molecule has 0 amide bonds. The molecule has 3 heteroatoms. The summed E-state index contributed by atoms with van der Waals surface area (Å²) in [5.41, 5.74) is 6.99. The molecule has 0 saturated heterocycles. The Kier molecular flexibility index (Phi) is 4.04. The zero-order chi connectivity index (χ0) is 10.4. The van der Waals surface area contributed by atoms with E-state index in [-0.39, 0.29) is 5.54 Å². The molecular formula is C11H19N3. The van der Waals surface area contributed by atoms with Crippen molar-refractivity contribution >= 4 is 0 Å². The van der Waals surface area contributed by atoms with Gasteiger partial charge in [0.1, 0.15) is 0 Å².